The van der Waals surface area contributed by atoms with Gasteiger partial charge in [0.05, 0.1) is 41.5 Å². The van der Waals surface area contributed by atoms with E-state index in [0.29, 0.717) is 17.0 Å². The first kappa shape index (κ1) is 23.9. The highest BCUT2D eigenvalue weighted by Gasteiger charge is 2.22. The second kappa shape index (κ2) is 12.6. The van der Waals surface area contributed by atoms with E-state index in [9.17, 15) is 8.22 Å². The molecule has 272 valence electrons. The van der Waals surface area contributed by atoms with Crippen LogP contribution in [-0.2, 0) is 0 Å². The average molecular weight is 754 g/mol. The lowest BCUT2D eigenvalue weighted by atomic mass is 10.0. The number of hydrogen-bond donors (Lipinski definition) is 0. The van der Waals surface area contributed by atoms with E-state index in [1.54, 1.807) is 37.3 Å². The molecule has 0 radical (unpaired) electrons. The van der Waals surface area contributed by atoms with Crippen molar-refractivity contribution < 1.29 is 18.1 Å². The third kappa shape index (κ3) is 4.88. The summed E-state index contributed by atoms with van der Waals surface area (Å²) in [4.78, 5) is 15.1. The summed E-state index contributed by atoms with van der Waals surface area (Å²) in [5.41, 5.74) is 3.19. The van der Waals surface area contributed by atoms with Crippen molar-refractivity contribution in [2.75, 3.05) is 0 Å². The number of hydrogen-bond acceptors (Lipinski definition) is 4. The molecule has 0 aliphatic rings. The minimum atomic E-state index is -0.323. The highest BCUT2D eigenvalue weighted by molar-refractivity contribution is 6.14. The summed E-state index contributed by atoms with van der Waals surface area (Å²) >= 11 is 0. The van der Waals surface area contributed by atoms with Gasteiger partial charge >= 0.3 is 0 Å². The number of nitrogens with zero attached hydrogens (tertiary/aromatic N) is 5. The lowest BCUT2D eigenvalue weighted by Gasteiger charge is -2.13. The number of rotatable bonds is 5. The maximum absolute atomic E-state index is 9.97. The molecule has 0 N–H and O–H groups in total. The number of furan rings is 1. The van der Waals surface area contributed by atoms with Crippen molar-refractivity contribution in [3.05, 3.63) is 187 Å². The zero-order valence-corrected chi connectivity index (χ0v) is 30.7. The molecular formula is C52H33N5O. The Kier molecular flexibility index (Phi) is 5.20. The van der Waals surface area contributed by atoms with Crippen LogP contribution in [-0.4, -0.2) is 24.1 Å². The highest BCUT2D eigenvalue weighted by Crippen LogP contribution is 2.41. The molecule has 12 rings (SSSR count). The second-order valence-corrected chi connectivity index (χ2v) is 14.0. The summed E-state index contributed by atoms with van der Waals surface area (Å²) in [6.07, 6.45) is 0. The van der Waals surface area contributed by atoms with Gasteiger partial charge in [0.25, 0.3) is 0 Å². The smallest absolute Gasteiger partial charge is 0.238 e. The molecule has 0 saturated carbocycles. The third-order valence-corrected chi connectivity index (χ3v) is 10.6. The van der Waals surface area contributed by atoms with Gasteiger partial charge in [-0.3, -0.25) is 4.57 Å². The number of benzene rings is 8. The zero-order valence-electron chi connectivity index (χ0n) is 40.7. The highest BCUT2D eigenvalue weighted by atomic mass is 16.3. The normalized spacial score (nSPS) is 14.3. The number of fused-ring (bicyclic) bond motifs is 9. The molecule has 8 aromatic carbocycles. The van der Waals surface area contributed by atoms with Crippen LogP contribution < -0.4 is 0 Å². The van der Waals surface area contributed by atoms with Crippen molar-refractivity contribution in [1.29, 1.82) is 0 Å². The lowest BCUT2D eigenvalue weighted by molar-refractivity contribution is 0.668. The van der Waals surface area contributed by atoms with Crippen LogP contribution in [0.4, 0.5) is 0 Å². The first-order valence-electron chi connectivity index (χ1n) is 23.7. The molecule has 0 aliphatic heterocycles. The predicted molar refractivity (Wildman–Crippen MR) is 237 cm³/mol. The number of para-hydroxylation sites is 3. The van der Waals surface area contributed by atoms with Gasteiger partial charge in [-0.1, -0.05) is 139 Å². The van der Waals surface area contributed by atoms with Gasteiger partial charge in [0.1, 0.15) is 11.2 Å². The fraction of sp³-hybridized carbons (Fsp3) is 0.0192. The van der Waals surface area contributed by atoms with Crippen LogP contribution in [0, 0.1) is 6.92 Å². The van der Waals surface area contributed by atoms with Gasteiger partial charge in [0.15, 0.2) is 11.6 Å². The molecule has 0 aliphatic carbocycles. The molecule has 4 aromatic heterocycles. The lowest BCUT2D eigenvalue weighted by Crippen LogP contribution is -2.06. The Bertz CT molecular complexity index is 4110. The summed E-state index contributed by atoms with van der Waals surface area (Å²) in [7, 11) is 0. The summed E-state index contributed by atoms with van der Waals surface area (Å²) in [6, 6.07) is 34.0. The van der Waals surface area contributed by atoms with E-state index in [2.05, 4.69) is 0 Å². The van der Waals surface area contributed by atoms with Crippen molar-refractivity contribution in [3.63, 3.8) is 0 Å². The fourth-order valence-corrected chi connectivity index (χ4v) is 8.03. The van der Waals surface area contributed by atoms with Gasteiger partial charge in [-0.25, -0.2) is 4.98 Å². The van der Waals surface area contributed by atoms with Crippen molar-refractivity contribution in [1.82, 2.24) is 24.1 Å². The Morgan fingerprint density at radius 1 is 0.466 bits per heavy atom. The fourth-order valence-electron chi connectivity index (χ4n) is 8.03. The average Bonchev–Trinajstić information content (AvgIpc) is 4.03. The molecule has 0 fully saturated rings. The molecule has 58 heavy (non-hydrogen) atoms. The molecule has 0 amide bonds. The van der Waals surface area contributed by atoms with Crippen molar-refractivity contribution in [2.24, 2.45) is 0 Å². The monoisotopic (exact) mass is 753 g/mol. The summed E-state index contributed by atoms with van der Waals surface area (Å²) < 4.78 is 103. The van der Waals surface area contributed by atoms with Crippen LogP contribution in [0.2, 0.25) is 0 Å². The first-order chi connectivity index (χ1) is 32.8. The molecule has 6 heteroatoms. The van der Waals surface area contributed by atoms with Crippen molar-refractivity contribution in [3.8, 4) is 45.5 Å². The first-order valence-corrected chi connectivity index (χ1v) is 18.7. The third-order valence-electron chi connectivity index (χ3n) is 10.6. The minimum Gasteiger partial charge on any atom is -0.456 e. The maximum atomic E-state index is 9.97. The van der Waals surface area contributed by atoms with Gasteiger partial charge in [0, 0.05) is 49.5 Å². The van der Waals surface area contributed by atoms with E-state index in [4.69, 9.17) is 24.9 Å². The van der Waals surface area contributed by atoms with Gasteiger partial charge in [-0.2, -0.15) is 9.97 Å². The van der Waals surface area contributed by atoms with Crippen LogP contribution in [0.5, 0.6) is 0 Å². The van der Waals surface area contributed by atoms with Crippen molar-refractivity contribution >= 4 is 65.6 Å². The number of aromatic nitrogens is 5. The largest absolute Gasteiger partial charge is 0.456 e. The Labute approximate surface area is 347 Å². The van der Waals surface area contributed by atoms with Crippen LogP contribution in [0.1, 0.15) is 19.3 Å². The topological polar surface area (TPSA) is 61.7 Å². The molecule has 0 saturated heterocycles. The quantitative estimate of drug-likeness (QED) is 0.176. The van der Waals surface area contributed by atoms with E-state index >= 15 is 0 Å². The summed E-state index contributed by atoms with van der Waals surface area (Å²) in [5.74, 6) is 0.638. The maximum Gasteiger partial charge on any atom is 0.238 e. The van der Waals surface area contributed by atoms with E-state index in [-0.39, 0.29) is 138 Å². The van der Waals surface area contributed by atoms with Crippen molar-refractivity contribution in [2.45, 2.75) is 6.92 Å². The second-order valence-electron chi connectivity index (χ2n) is 14.0. The van der Waals surface area contributed by atoms with Crippen LogP contribution in [0.25, 0.3) is 111 Å². The predicted octanol–water partition coefficient (Wildman–Crippen LogP) is 13.3. The van der Waals surface area contributed by atoms with Crippen LogP contribution in [0.3, 0.4) is 0 Å². The Morgan fingerprint density at radius 2 is 1.16 bits per heavy atom. The molecule has 0 spiro atoms. The van der Waals surface area contributed by atoms with E-state index in [1.165, 1.54) is 16.7 Å². The van der Waals surface area contributed by atoms with Gasteiger partial charge in [0.2, 0.25) is 5.95 Å². The Balaban J connectivity index is 1.20. The Morgan fingerprint density at radius 3 is 1.93 bits per heavy atom. The standard InChI is InChI=1S/C52H33N5O/c1-32-29-41-48(31-45(32)56-42-23-11-8-21-38(42)39-28-27-35(30-46(39)56)33-15-4-2-5-16-33)58-47-26-14-22-40(49(41)47)51-53-50(34-17-6-3-7-18-34)54-52(55-51)57-43-24-12-9-19-36(43)37-20-10-13-25-44(37)57/h2-31H,1H3/i8D,21D,22D,23D,26D,27D,28D,29D,30D,31D. The Hall–Kier alpha value is -7.83. The minimum absolute atomic E-state index is 0.00293. The molecule has 6 nitrogen and oxygen atoms in total. The molecule has 0 atom stereocenters. The summed E-state index contributed by atoms with van der Waals surface area (Å²) in [5, 5.41) is 2.23. The van der Waals surface area contributed by atoms with Crippen LogP contribution in [0.15, 0.2) is 186 Å². The van der Waals surface area contributed by atoms with E-state index < -0.39 is 0 Å². The molecule has 4 heterocycles. The summed E-state index contributed by atoms with van der Waals surface area (Å²) in [6.45, 7) is 1.61. The molecule has 0 bridgehead atoms. The zero-order chi connectivity index (χ0) is 47.0. The van der Waals surface area contributed by atoms with Gasteiger partial charge in [-0.05, 0) is 59.9 Å². The van der Waals surface area contributed by atoms with Crippen LogP contribution >= 0.6 is 0 Å². The SMILES string of the molecule is [2H]c1cc([2H])c2oc3c([2H])c(-n4c5c([2H])cc([2H])c([2H])c5c5c([2H])c([2H])c(-c6ccccc6)c([2H])c54)c(C)c([2H])c3c2c1-c1nc(-c2ccccc2)nc(-n2c3ccccc3c3ccccc32)n1. The van der Waals surface area contributed by atoms with E-state index in [0.717, 1.165) is 21.8 Å². The van der Waals surface area contributed by atoms with Gasteiger partial charge in [-0.15, -0.1) is 0 Å². The molecule has 12 aromatic rings. The van der Waals surface area contributed by atoms with E-state index in [1.807, 2.05) is 83.4 Å². The van der Waals surface area contributed by atoms with Gasteiger partial charge < -0.3 is 8.98 Å². The molecule has 0 unspecified atom stereocenters. The molecular weight excluding hydrogens is 711 g/mol.